The Kier molecular flexibility index (Phi) is 14.2. The van der Waals surface area contributed by atoms with Crippen LogP contribution in [0.25, 0.3) is 0 Å². The lowest BCUT2D eigenvalue weighted by Crippen LogP contribution is -2.33. The lowest BCUT2D eigenvalue weighted by molar-refractivity contribution is -0.534. The number of carbonyl (C=O) groups is 1. The molecule has 0 saturated heterocycles. The molecule has 0 bridgehead atoms. The van der Waals surface area contributed by atoms with Crippen molar-refractivity contribution in [2.75, 3.05) is 0 Å². The Morgan fingerprint density at radius 1 is 0.852 bits per heavy atom. The predicted molar refractivity (Wildman–Crippen MR) is 101 cm³/mol. The number of nitrogens with zero attached hydrogens (tertiary/aromatic N) is 2. The van der Waals surface area contributed by atoms with E-state index in [1.54, 1.807) is 6.92 Å². The van der Waals surface area contributed by atoms with Crippen LogP contribution >= 0.6 is 0 Å². The fraction of sp³-hybridized carbons (Fsp3) is 0.833. The first-order valence-corrected chi connectivity index (χ1v) is 9.56. The monoisotopic (exact) mass is 388 g/mol. The van der Waals surface area contributed by atoms with E-state index in [1.807, 2.05) is 0 Å². The van der Waals surface area contributed by atoms with Gasteiger partial charge in [0.1, 0.15) is 18.5 Å². The van der Waals surface area contributed by atoms with Gasteiger partial charge in [-0.3, -0.25) is 20.2 Å². The highest BCUT2D eigenvalue weighted by molar-refractivity contribution is 5.48. The van der Waals surface area contributed by atoms with Crippen LogP contribution in [0.15, 0.2) is 12.2 Å². The maximum absolute atomic E-state index is 11.2. The maximum Gasteiger partial charge on any atom is 0.241 e. The molecule has 0 aromatic rings. The number of aliphatic hydroxyl groups is 2. The van der Waals surface area contributed by atoms with Crippen molar-refractivity contribution < 1.29 is 24.9 Å². The van der Waals surface area contributed by atoms with Gasteiger partial charge in [-0.2, -0.15) is 0 Å². The fourth-order valence-electron chi connectivity index (χ4n) is 2.88. The Morgan fingerprint density at radius 2 is 1.41 bits per heavy atom. The van der Waals surface area contributed by atoms with Crippen LogP contribution in [0.2, 0.25) is 0 Å². The van der Waals surface area contributed by atoms with Crippen LogP contribution in [0, 0.1) is 20.2 Å². The van der Waals surface area contributed by atoms with E-state index >= 15 is 0 Å². The normalized spacial score (nSPS) is 16.0. The van der Waals surface area contributed by atoms with Crippen LogP contribution < -0.4 is 0 Å². The number of rotatable bonds is 17. The van der Waals surface area contributed by atoms with E-state index in [0.717, 1.165) is 32.0 Å². The van der Waals surface area contributed by atoms with Crippen molar-refractivity contribution in [2.45, 2.75) is 95.4 Å². The standard InChI is InChI=1S/C18H32N2O7/c1-2-15(19(24)25)17(22)13-9-8-11-16(20(26)27)18(23)12-7-5-3-4-6-10-14-21/h8-9,14-18,22-23H,2-7,10-13H2,1H3/b9-8-. The van der Waals surface area contributed by atoms with Crippen LogP contribution in [0.1, 0.15) is 71.1 Å². The molecule has 0 aliphatic rings. The van der Waals surface area contributed by atoms with Gasteiger partial charge in [-0.05, 0) is 19.3 Å². The summed E-state index contributed by atoms with van der Waals surface area (Å²) in [5.74, 6) is 0. The van der Waals surface area contributed by atoms with Crippen LogP contribution in [-0.2, 0) is 4.79 Å². The average molecular weight is 388 g/mol. The molecule has 0 rings (SSSR count). The Morgan fingerprint density at radius 3 is 1.96 bits per heavy atom. The second-order valence-corrected chi connectivity index (χ2v) is 6.70. The third-order valence-electron chi connectivity index (χ3n) is 4.59. The van der Waals surface area contributed by atoms with Crippen LogP contribution in [0.3, 0.4) is 0 Å². The summed E-state index contributed by atoms with van der Waals surface area (Å²) in [5, 5.41) is 41.8. The van der Waals surface area contributed by atoms with Crippen LogP contribution in [0.4, 0.5) is 0 Å². The van der Waals surface area contributed by atoms with Gasteiger partial charge in [0.15, 0.2) is 0 Å². The van der Waals surface area contributed by atoms with E-state index in [2.05, 4.69) is 0 Å². The Bertz CT molecular complexity index is 471. The van der Waals surface area contributed by atoms with Crippen molar-refractivity contribution in [3.8, 4) is 0 Å². The molecule has 0 aliphatic heterocycles. The van der Waals surface area contributed by atoms with Gasteiger partial charge >= 0.3 is 0 Å². The predicted octanol–water partition coefficient (Wildman–Crippen LogP) is 2.67. The molecule has 0 saturated carbocycles. The molecule has 0 radical (unpaired) electrons. The molecular formula is C18H32N2O7. The highest BCUT2D eigenvalue weighted by atomic mass is 16.6. The number of carbonyl (C=O) groups excluding carboxylic acids is 1. The molecule has 0 aromatic heterocycles. The van der Waals surface area contributed by atoms with E-state index in [4.69, 9.17) is 0 Å². The first-order chi connectivity index (χ1) is 12.8. The topological polar surface area (TPSA) is 144 Å². The second kappa shape index (κ2) is 15.2. The highest BCUT2D eigenvalue weighted by Crippen LogP contribution is 2.15. The summed E-state index contributed by atoms with van der Waals surface area (Å²) in [6.07, 6.45) is 7.03. The zero-order chi connectivity index (χ0) is 20.7. The first kappa shape index (κ1) is 25.1. The Balaban J connectivity index is 4.25. The van der Waals surface area contributed by atoms with Crippen molar-refractivity contribution in [3.05, 3.63) is 32.4 Å². The molecule has 0 aromatic carbocycles. The zero-order valence-corrected chi connectivity index (χ0v) is 15.9. The Hall–Kier alpha value is -1.87. The summed E-state index contributed by atoms with van der Waals surface area (Å²) in [6, 6.07) is -2.19. The zero-order valence-electron chi connectivity index (χ0n) is 15.9. The van der Waals surface area contributed by atoms with Gasteiger partial charge in [0, 0.05) is 29.1 Å². The lowest BCUT2D eigenvalue weighted by atomic mass is 10.00. The largest absolute Gasteiger partial charge is 0.386 e. The molecule has 4 unspecified atom stereocenters. The van der Waals surface area contributed by atoms with Crippen molar-refractivity contribution in [3.63, 3.8) is 0 Å². The van der Waals surface area contributed by atoms with Gasteiger partial charge in [0.25, 0.3) is 0 Å². The Labute approximate surface area is 159 Å². The minimum atomic E-state index is -1.14. The van der Waals surface area contributed by atoms with E-state index in [0.29, 0.717) is 19.3 Å². The summed E-state index contributed by atoms with van der Waals surface area (Å²) < 4.78 is 0. The highest BCUT2D eigenvalue weighted by Gasteiger charge is 2.29. The molecule has 4 atom stereocenters. The molecule has 0 heterocycles. The summed E-state index contributed by atoms with van der Waals surface area (Å²) >= 11 is 0. The molecule has 27 heavy (non-hydrogen) atoms. The van der Waals surface area contributed by atoms with Crippen LogP contribution in [0.5, 0.6) is 0 Å². The quantitative estimate of drug-likeness (QED) is 0.128. The number of nitro groups is 2. The third-order valence-corrected chi connectivity index (χ3v) is 4.59. The van der Waals surface area contributed by atoms with Crippen molar-refractivity contribution >= 4 is 6.29 Å². The molecular weight excluding hydrogens is 356 g/mol. The molecule has 9 nitrogen and oxygen atoms in total. The molecule has 0 aliphatic carbocycles. The summed E-state index contributed by atoms with van der Waals surface area (Å²) in [6.45, 7) is 1.61. The van der Waals surface area contributed by atoms with E-state index in [9.17, 15) is 35.2 Å². The summed E-state index contributed by atoms with van der Waals surface area (Å²) in [7, 11) is 0. The maximum atomic E-state index is 11.2. The third kappa shape index (κ3) is 11.4. The SMILES string of the molecule is CCC(C(O)C/C=C\CC(C(O)CCCCCCCC=O)[N+](=O)[O-])[N+](=O)[O-]. The van der Waals surface area contributed by atoms with Crippen LogP contribution in [-0.4, -0.2) is 50.6 Å². The molecule has 0 fully saturated rings. The molecule has 9 heteroatoms. The van der Waals surface area contributed by atoms with Gasteiger partial charge in [-0.1, -0.05) is 44.8 Å². The molecule has 156 valence electrons. The summed E-state index contributed by atoms with van der Waals surface area (Å²) in [4.78, 5) is 31.1. The van der Waals surface area contributed by atoms with E-state index < -0.39 is 34.1 Å². The molecule has 0 spiro atoms. The van der Waals surface area contributed by atoms with Gasteiger partial charge in [0.2, 0.25) is 12.1 Å². The summed E-state index contributed by atoms with van der Waals surface area (Å²) in [5.41, 5.74) is 0. The minimum absolute atomic E-state index is 0.00940. The number of unbranched alkanes of at least 4 members (excludes halogenated alkanes) is 5. The number of hydrogen-bond donors (Lipinski definition) is 2. The van der Waals surface area contributed by atoms with E-state index in [1.165, 1.54) is 12.2 Å². The second-order valence-electron chi connectivity index (χ2n) is 6.70. The first-order valence-electron chi connectivity index (χ1n) is 9.56. The van der Waals surface area contributed by atoms with Gasteiger partial charge in [0.05, 0.1) is 0 Å². The molecule has 0 amide bonds. The number of aliphatic hydroxyl groups excluding tert-OH is 2. The number of aldehydes is 1. The minimum Gasteiger partial charge on any atom is -0.386 e. The fourth-order valence-corrected chi connectivity index (χ4v) is 2.88. The average Bonchev–Trinajstić information content (AvgIpc) is 2.60. The van der Waals surface area contributed by atoms with Crippen molar-refractivity contribution in [1.82, 2.24) is 0 Å². The molecule has 2 N–H and O–H groups in total. The van der Waals surface area contributed by atoms with Gasteiger partial charge in [-0.15, -0.1) is 0 Å². The van der Waals surface area contributed by atoms with Crippen molar-refractivity contribution in [1.29, 1.82) is 0 Å². The number of hydrogen-bond acceptors (Lipinski definition) is 7. The smallest absolute Gasteiger partial charge is 0.241 e. The van der Waals surface area contributed by atoms with E-state index in [-0.39, 0.29) is 19.3 Å². The lowest BCUT2D eigenvalue weighted by Gasteiger charge is -2.15. The van der Waals surface area contributed by atoms with Crippen molar-refractivity contribution in [2.24, 2.45) is 0 Å². The van der Waals surface area contributed by atoms with Gasteiger partial charge in [-0.25, -0.2) is 0 Å². The van der Waals surface area contributed by atoms with Gasteiger partial charge < -0.3 is 15.0 Å².